The first-order chi connectivity index (χ1) is 30.0. The Morgan fingerprint density at radius 3 is 1.75 bits per heavy atom. The largest absolute Gasteiger partial charge is 0.508 e. The maximum absolute atomic E-state index is 12.5. The minimum Gasteiger partial charge on any atom is -0.508 e. The SMILES string of the molecule is O=C(CCCOCCOCCOCCOCCOCCOCCOCCOCCC(=O)NCCc1ccc(O)cc1)COc1ccccc1C1=Nc2ccccc2NC(=O)C1. The number of nitrogens with one attached hydrogen (secondary N) is 2. The number of benzene rings is 3. The van der Waals surface area contributed by atoms with Gasteiger partial charge in [0.25, 0.3) is 0 Å². The smallest absolute Gasteiger partial charge is 0.230 e. The highest BCUT2D eigenvalue weighted by molar-refractivity contribution is 6.17. The number of anilines is 1. The van der Waals surface area contributed by atoms with Crippen molar-refractivity contribution >= 4 is 34.7 Å². The molecule has 0 radical (unpaired) electrons. The van der Waals surface area contributed by atoms with Crippen molar-refractivity contribution in [2.75, 3.05) is 124 Å². The van der Waals surface area contributed by atoms with Crippen LogP contribution < -0.4 is 15.4 Å². The lowest BCUT2D eigenvalue weighted by Crippen LogP contribution is -2.26. The molecule has 1 aliphatic heterocycles. The van der Waals surface area contributed by atoms with E-state index in [1.165, 1.54) is 0 Å². The molecule has 0 unspecified atom stereocenters. The number of hydrogen-bond donors (Lipinski definition) is 3. The molecule has 0 spiro atoms. The van der Waals surface area contributed by atoms with Crippen molar-refractivity contribution in [3.05, 3.63) is 83.9 Å². The molecule has 3 aromatic rings. The molecule has 0 bridgehead atoms. The normalized spacial score (nSPS) is 12.3. The number of hydrogen-bond acceptors (Lipinski definition) is 14. The molecule has 2 amide bonds. The fourth-order valence-electron chi connectivity index (χ4n) is 5.70. The maximum atomic E-state index is 12.5. The zero-order valence-electron chi connectivity index (χ0n) is 35.0. The summed E-state index contributed by atoms with van der Waals surface area (Å²) < 4.78 is 49.9. The molecule has 0 fully saturated rings. The van der Waals surface area contributed by atoms with Crippen LogP contribution in [-0.2, 0) is 58.7 Å². The number of aliphatic imine (C=N–C) groups is 1. The van der Waals surface area contributed by atoms with Gasteiger partial charge in [-0.3, -0.25) is 14.4 Å². The first-order valence-electron chi connectivity index (χ1n) is 20.8. The zero-order valence-corrected chi connectivity index (χ0v) is 35.0. The van der Waals surface area contributed by atoms with Crippen molar-refractivity contribution in [2.45, 2.75) is 32.1 Å². The number of rotatable bonds is 35. The molecule has 4 rings (SSSR count). The van der Waals surface area contributed by atoms with Crippen molar-refractivity contribution < 1.29 is 62.1 Å². The van der Waals surface area contributed by atoms with Gasteiger partial charge in [0.2, 0.25) is 11.8 Å². The van der Waals surface area contributed by atoms with E-state index in [-0.39, 0.29) is 42.8 Å². The number of nitrogens with zero attached hydrogens (tertiary/aromatic N) is 1. The summed E-state index contributed by atoms with van der Waals surface area (Å²) in [6.07, 6.45) is 1.98. The predicted molar refractivity (Wildman–Crippen MR) is 228 cm³/mol. The van der Waals surface area contributed by atoms with Crippen molar-refractivity contribution in [3.8, 4) is 11.5 Å². The van der Waals surface area contributed by atoms with Crippen LogP contribution in [0.4, 0.5) is 11.4 Å². The summed E-state index contributed by atoms with van der Waals surface area (Å²) in [5, 5.41) is 15.0. The van der Waals surface area contributed by atoms with E-state index >= 15 is 0 Å². The average Bonchev–Trinajstić information content (AvgIpc) is 3.44. The summed E-state index contributed by atoms with van der Waals surface area (Å²) in [4.78, 5) is 41.6. The van der Waals surface area contributed by atoms with Gasteiger partial charge in [-0.1, -0.05) is 36.4 Å². The number of phenols is 1. The van der Waals surface area contributed by atoms with Gasteiger partial charge >= 0.3 is 0 Å². The Hall–Kier alpha value is -4.78. The predicted octanol–water partition coefficient (Wildman–Crippen LogP) is 4.47. The number of ketones is 1. The van der Waals surface area contributed by atoms with Gasteiger partial charge in [-0.2, -0.15) is 0 Å². The van der Waals surface area contributed by atoms with Gasteiger partial charge in [-0.15, -0.1) is 0 Å². The van der Waals surface area contributed by atoms with Crippen molar-refractivity contribution in [1.82, 2.24) is 5.32 Å². The van der Waals surface area contributed by atoms with E-state index in [0.29, 0.717) is 160 Å². The number of carbonyl (C=O) groups is 3. The number of carbonyl (C=O) groups excluding carboxylic acids is 3. The zero-order chi connectivity index (χ0) is 43.0. The van der Waals surface area contributed by atoms with E-state index in [9.17, 15) is 19.5 Å². The number of aromatic hydroxyl groups is 1. The molecule has 334 valence electrons. The number of ether oxygens (including phenoxy) is 9. The summed E-state index contributed by atoms with van der Waals surface area (Å²) in [6.45, 7) is 7.43. The van der Waals surface area contributed by atoms with Crippen LogP contribution in [-0.4, -0.2) is 147 Å². The topological polar surface area (TPSA) is 191 Å². The third-order valence-corrected chi connectivity index (χ3v) is 8.84. The summed E-state index contributed by atoms with van der Waals surface area (Å²) >= 11 is 0. The molecule has 16 nitrogen and oxygen atoms in total. The third kappa shape index (κ3) is 22.1. The van der Waals surface area contributed by atoms with Crippen molar-refractivity contribution in [3.63, 3.8) is 0 Å². The van der Waals surface area contributed by atoms with Crippen LogP contribution in [0.2, 0.25) is 0 Å². The second-order valence-electron chi connectivity index (χ2n) is 13.6. The summed E-state index contributed by atoms with van der Waals surface area (Å²) in [5.41, 5.74) is 3.64. The maximum Gasteiger partial charge on any atom is 0.230 e. The van der Waals surface area contributed by atoms with Gasteiger partial charge in [0, 0.05) is 31.6 Å². The van der Waals surface area contributed by atoms with Gasteiger partial charge in [-0.05, 0) is 54.8 Å². The monoisotopic (exact) mass is 851 g/mol. The Morgan fingerprint density at radius 2 is 1.15 bits per heavy atom. The van der Waals surface area contributed by atoms with Gasteiger partial charge < -0.3 is 58.4 Å². The highest BCUT2D eigenvalue weighted by atomic mass is 16.6. The molecule has 0 saturated carbocycles. The van der Waals surface area contributed by atoms with Crippen molar-refractivity contribution in [1.29, 1.82) is 0 Å². The summed E-state index contributed by atoms with van der Waals surface area (Å²) in [7, 11) is 0. The second-order valence-corrected chi connectivity index (χ2v) is 13.6. The van der Waals surface area contributed by atoms with Crippen LogP contribution >= 0.6 is 0 Å². The second kappa shape index (κ2) is 31.1. The van der Waals surface area contributed by atoms with Crippen LogP contribution in [0.3, 0.4) is 0 Å². The van der Waals surface area contributed by atoms with Crippen molar-refractivity contribution in [2.24, 2.45) is 4.99 Å². The van der Waals surface area contributed by atoms with Gasteiger partial charge in [0.15, 0.2) is 5.78 Å². The number of amides is 2. The third-order valence-electron chi connectivity index (χ3n) is 8.84. The lowest BCUT2D eigenvalue weighted by Gasteiger charge is -2.12. The molecule has 61 heavy (non-hydrogen) atoms. The molecule has 3 N–H and O–H groups in total. The molecule has 0 aromatic heterocycles. The average molecular weight is 852 g/mol. The van der Waals surface area contributed by atoms with Crippen LogP contribution in [0, 0.1) is 0 Å². The van der Waals surface area contributed by atoms with Crippen LogP contribution in [0.15, 0.2) is 77.8 Å². The number of phenolic OH excluding ortho intramolecular Hbond substituents is 1. The Balaban J connectivity index is 0.834. The van der Waals surface area contributed by atoms with E-state index in [0.717, 1.165) is 5.56 Å². The minimum atomic E-state index is -0.162. The van der Waals surface area contributed by atoms with Crippen LogP contribution in [0.1, 0.15) is 36.8 Å². The molecular formula is C45H61N3O13. The Bertz CT molecular complexity index is 1720. The standard InChI is InChI=1S/C45H61N3O13/c49-37-13-11-36(12-14-37)15-17-46-44(51)16-19-54-21-23-56-25-27-58-29-31-60-33-32-59-30-28-57-26-24-55-22-20-53-18-5-6-38(50)35-61-43-10-4-1-7-39(43)42-34-45(52)48-41-9-3-2-8-40(41)47-42/h1-4,7-14,49H,5-6,15-35H2,(H,46,51)(H,48,52). The molecule has 1 aliphatic rings. The first-order valence-corrected chi connectivity index (χ1v) is 20.8. The van der Waals surface area contributed by atoms with Gasteiger partial charge in [0.05, 0.1) is 123 Å². The lowest BCUT2D eigenvalue weighted by molar-refractivity contribution is -0.122. The lowest BCUT2D eigenvalue weighted by atomic mass is 10.1. The highest BCUT2D eigenvalue weighted by Gasteiger charge is 2.20. The number of Topliss-reactive ketones (excluding diaryl/α,β-unsaturated/α-hetero) is 1. The molecule has 3 aromatic carbocycles. The number of fused-ring (bicyclic) bond motifs is 1. The van der Waals surface area contributed by atoms with E-state index in [4.69, 9.17) is 47.6 Å². The summed E-state index contributed by atoms with van der Waals surface area (Å²) in [6, 6.07) is 21.6. The fraction of sp³-hybridized carbons (Fsp3) is 0.511. The molecule has 16 heteroatoms. The van der Waals surface area contributed by atoms with E-state index in [2.05, 4.69) is 10.6 Å². The Morgan fingerprint density at radius 1 is 0.623 bits per heavy atom. The summed E-state index contributed by atoms with van der Waals surface area (Å²) in [5.74, 6) is 0.461. The fourth-order valence-corrected chi connectivity index (χ4v) is 5.70. The highest BCUT2D eigenvalue weighted by Crippen LogP contribution is 2.30. The quantitative estimate of drug-likeness (QED) is 0.0704. The van der Waals surface area contributed by atoms with Crippen LogP contribution in [0.5, 0.6) is 11.5 Å². The van der Waals surface area contributed by atoms with Gasteiger partial charge in [0.1, 0.15) is 18.1 Å². The Kier molecular flexibility index (Phi) is 24.9. The van der Waals surface area contributed by atoms with E-state index in [1.54, 1.807) is 18.2 Å². The molecule has 0 aliphatic carbocycles. The van der Waals surface area contributed by atoms with Gasteiger partial charge in [-0.25, -0.2) is 4.99 Å². The minimum absolute atomic E-state index is 0.0466. The Labute approximate surface area is 358 Å². The van der Waals surface area contributed by atoms with E-state index < -0.39 is 0 Å². The molecule has 0 atom stereocenters. The van der Waals surface area contributed by atoms with E-state index in [1.807, 2.05) is 54.6 Å². The van der Waals surface area contributed by atoms with Crippen LogP contribution in [0.25, 0.3) is 0 Å². The molecule has 1 heterocycles. The first kappa shape index (κ1) is 48.9. The molecular weight excluding hydrogens is 791 g/mol. The molecule has 0 saturated heterocycles. The number of para-hydroxylation sites is 3.